The van der Waals surface area contributed by atoms with E-state index in [-0.39, 0.29) is 0 Å². The van der Waals surface area contributed by atoms with Gasteiger partial charge in [0.1, 0.15) is 11.2 Å². The summed E-state index contributed by atoms with van der Waals surface area (Å²) in [6.45, 7) is 0. The molecule has 0 radical (unpaired) electrons. The Labute approximate surface area is 283 Å². The number of rotatable bonds is 5. The molecule has 3 heteroatoms. The minimum Gasteiger partial charge on any atom is -0.455 e. The first-order chi connectivity index (χ1) is 24.3. The summed E-state index contributed by atoms with van der Waals surface area (Å²) >= 11 is 0. The molecule has 0 saturated carbocycles. The Hall–Kier alpha value is -6.58. The van der Waals surface area contributed by atoms with Crippen LogP contribution in [-0.4, -0.2) is 4.57 Å². The molecule has 0 spiro atoms. The lowest BCUT2D eigenvalue weighted by Gasteiger charge is -2.26. The fraction of sp³-hybridized carbons (Fsp3) is 0. The molecule has 0 N–H and O–H groups in total. The first kappa shape index (κ1) is 27.5. The van der Waals surface area contributed by atoms with Gasteiger partial charge in [-0.1, -0.05) is 109 Å². The molecular formula is C46H30N2O. The van der Waals surface area contributed by atoms with Crippen molar-refractivity contribution in [3.05, 3.63) is 182 Å². The van der Waals surface area contributed by atoms with Crippen LogP contribution in [0.15, 0.2) is 186 Å². The maximum Gasteiger partial charge on any atom is 0.143 e. The number of nitrogens with zero attached hydrogens (tertiary/aromatic N) is 2. The van der Waals surface area contributed by atoms with Crippen molar-refractivity contribution in [3.63, 3.8) is 0 Å². The van der Waals surface area contributed by atoms with E-state index in [1.54, 1.807) is 0 Å². The molecule has 0 aliphatic carbocycles. The minimum absolute atomic E-state index is 0.912. The van der Waals surface area contributed by atoms with Gasteiger partial charge in [-0.15, -0.1) is 0 Å². The van der Waals surface area contributed by atoms with Crippen molar-refractivity contribution in [2.24, 2.45) is 0 Å². The van der Waals surface area contributed by atoms with Crippen molar-refractivity contribution >= 4 is 71.6 Å². The van der Waals surface area contributed by atoms with E-state index in [0.717, 1.165) is 55.8 Å². The second kappa shape index (κ2) is 11.0. The third-order valence-electron chi connectivity index (χ3n) is 9.76. The molecule has 49 heavy (non-hydrogen) atoms. The van der Waals surface area contributed by atoms with Crippen molar-refractivity contribution in [3.8, 4) is 16.8 Å². The van der Waals surface area contributed by atoms with E-state index in [9.17, 15) is 0 Å². The summed E-state index contributed by atoms with van der Waals surface area (Å²) in [6.07, 6.45) is 0. The molecule has 8 aromatic carbocycles. The van der Waals surface area contributed by atoms with Crippen LogP contribution in [0.25, 0.3) is 71.3 Å². The highest BCUT2D eigenvalue weighted by molar-refractivity contribution is 6.13. The topological polar surface area (TPSA) is 21.3 Å². The molecule has 0 saturated heterocycles. The van der Waals surface area contributed by atoms with Crippen molar-refractivity contribution in [1.29, 1.82) is 0 Å². The summed E-state index contributed by atoms with van der Waals surface area (Å²) < 4.78 is 8.75. The number of anilines is 3. The summed E-state index contributed by atoms with van der Waals surface area (Å²) in [6, 6.07) is 64.9. The molecule has 0 atom stereocenters. The molecule has 0 unspecified atom stereocenters. The van der Waals surface area contributed by atoms with Gasteiger partial charge in [0, 0.05) is 49.9 Å². The van der Waals surface area contributed by atoms with Crippen LogP contribution in [0.5, 0.6) is 0 Å². The number of aromatic nitrogens is 1. The third kappa shape index (κ3) is 4.44. The zero-order valence-corrected chi connectivity index (χ0v) is 26.6. The van der Waals surface area contributed by atoms with Gasteiger partial charge in [0.2, 0.25) is 0 Å². The van der Waals surface area contributed by atoms with Gasteiger partial charge >= 0.3 is 0 Å². The molecule has 0 aliphatic heterocycles. The van der Waals surface area contributed by atoms with Crippen LogP contribution < -0.4 is 4.90 Å². The van der Waals surface area contributed by atoms with Crippen molar-refractivity contribution < 1.29 is 4.42 Å². The van der Waals surface area contributed by atoms with E-state index in [0.29, 0.717) is 0 Å². The predicted molar refractivity (Wildman–Crippen MR) is 206 cm³/mol. The van der Waals surface area contributed by atoms with Gasteiger partial charge in [-0.25, -0.2) is 0 Å². The molecule has 230 valence electrons. The average molecular weight is 627 g/mol. The van der Waals surface area contributed by atoms with Gasteiger partial charge in [0.25, 0.3) is 0 Å². The minimum atomic E-state index is 0.912. The van der Waals surface area contributed by atoms with E-state index in [1.807, 2.05) is 12.1 Å². The van der Waals surface area contributed by atoms with Crippen LogP contribution in [0.1, 0.15) is 0 Å². The molecule has 0 aliphatic rings. The van der Waals surface area contributed by atoms with Gasteiger partial charge in [-0.2, -0.15) is 0 Å². The Bertz CT molecular complexity index is 2810. The smallest absolute Gasteiger partial charge is 0.143 e. The lowest BCUT2D eigenvalue weighted by atomic mass is 10.0. The molecule has 10 aromatic rings. The Morgan fingerprint density at radius 1 is 0.408 bits per heavy atom. The van der Waals surface area contributed by atoms with Gasteiger partial charge in [-0.05, 0) is 89.1 Å². The van der Waals surface area contributed by atoms with Crippen LogP contribution in [0.3, 0.4) is 0 Å². The second-order valence-electron chi connectivity index (χ2n) is 12.6. The number of benzene rings is 8. The van der Waals surface area contributed by atoms with Gasteiger partial charge < -0.3 is 13.9 Å². The Balaban J connectivity index is 1.07. The highest BCUT2D eigenvalue weighted by atomic mass is 16.3. The van der Waals surface area contributed by atoms with Gasteiger partial charge in [-0.3, -0.25) is 0 Å². The fourth-order valence-corrected chi connectivity index (χ4v) is 7.47. The Morgan fingerprint density at radius 2 is 1.02 bits per heavy atom. The molecule has 3 nitrogen and oxygen atoms in total. The van der Waals surface area contributed by atoms with Gasteiger partial charge in [0.15, 0.2) is 0 Å². The zero-order valence-electron chi connectivity index (χ0n) is 26.6. The van der Waals surface area contributed by atoms with E-state index in [4.69, 9.17) is 4.42 Å². The highest BCUT2D eigenvalue weighted by Gasteiger charge is 2.17. The quantitative estimate of drug-likeness (QED) is 0.190. The summed E-state index contributed by atoms with van der Waals surface area (Å²) in [7, 11) is 0. The molecule has 10 rings (SSSR count). The third-order valence-corrected chi connectivity index (χ3v) is 9.76. The summed E-state index contributed by atoms with van der Waals surface area (Å²) in [4.78, 5) is 2.31. The molecular weight excluding hydrogens is 597 g/mol. The summed E-state index contributed by atoms with van der Waals surface area (Å²) in [5, 5.41) is 7.31. The number of furan rings is 1. The standard InChI is InChI=1S/C46H30N2O/c1-2-13-34(14-3-1)47(35-23-21-31(22-24-35)38-17-10-18-41-40-16-7-9-20-45(40)49-46(38)41)36-25-27-37(28-26-36)48-43-19-8-6-15-39(43)42-29-32-11-4-5-12-33(32)30-44(42)48/h1-30H. The summed E-state index contributed by atoms with van der Waals surface area (Å²) in [5.41, 5.74) is 10.9. The second-order valence-corrected chi connectivity index (χ2v) is 12.6. The van der Waals surface area contributed by atoms with E-state index < -0.39 is 0 Å². The number of para-hydroxylation sites is 4. The van der Waals surface area contributed by atoms with Crippen LogP contribution in [-0.2, 0) is 0 Å². The molecule has 0 fully saturated rings. The SMILES string of the molecule is c1ccc(N(c2ccc(-c3cccc4c3oc3ccccc34)cc2)c2ccc(-n3c4ccccc4c4cc5ccccc5cc43)cc2)cc1. The Morgan fingerprint density at radius 3 is 1.82 bits per heavy atom. The monoisotopic (exact) mass is 626 g/mol. The maximum atomic E-state index is 6.36. The maximum absolute atomic E-state index is 6.36. The lowest BCUT2D eigenvalue weighted by Crippen LogP contribution is -2.10. The van der Waals surface area contributed by atoms with E-state index in [1.165, 1.54) is 32.6 Å². The van der Waals surface area contributed by atoms with Gasteiger partial charge in [0.05, 0.1) is 11.0 Å². The predicted octanol–water partition coefficient (Wildman–Crippen LogP) is 13.0. The molecule has 0 bridgehead atoms. The van der Waals surface area contributed by atoms with Crippen molar-refractivity contribution in [2.75, 3.05) is 4.90 Å². The number of fused-ring (bicyclic) bond motifs is 7. The van der Waals surface area contributed by atoms with Crippen LogP contribution in [0.4, 0.5) is 17.1 Å². The van der Waals surface area contributed by atoms with Crippen LogP contribution in [0.2, 0.25) is 0 Å². The van der Waals surface area contributed by atoms with Crippen molar-refractivity contribution in [1.82, 2.24) is 4.57 Å². The number of hydrogen-bond acceptors (Lipinski definition) is 2. The highest BCUT2D eigenvalue weighted by Crippen LogP contribution is 2.40. The lowest BCUT2D eigenvalue weighted by molar-refractivity contribution is 0.670. The van der Waals surface area contributed by atoms with Crippen LogP contribution >= 0.6 is 0 Å². The molecule has 0 amide bonds. The summed E-state index contributed by atoms with van der Waals surface area (Å²) in [5.74, 6) is 0. The van der Waals surface area contributed by atoms with Crippen molar-refractivity contribution in [2.45, 2.75) is 0 Å². The molecule has 2 aromatic heterocycles. The fourth-order valence-electron chi connectivity index (χ4n) is 7.47. The number of hydrogen-bond donors (Lipinski definition) is 0. The first-order valence-electron chi connectivity index (χ1n) is 16.7. The normalized spacial score (nSPS) is 11.7. The average Bonchev–Trinajstić information content (AvgIpc) is 3.71. The largest absolute Gasteiger partial charge is 0.455 e. The van der Waals surface area contributed by atoms with E-state index in [2.05, 4.69) is 179 Å². The zero-order chi connectivity index (χ0) is 32.3. The Kier molecular flexibility index (Phi) is 6.18. The van der Waals surface area contributed by atoms with Crippen LogP contribution in [0, 0.1) is 0 Å². The first-order valence-corrected chi connectivity index (χ1v) is 16.7. The molecule has 2 heterocycles. The van der Waals surface area contributed by atoms with E-state index >= 15 is 0 Å².